The van der Waals surface area contributed by atoms with Crippen LogP contribution in [0.1, 0.15) is 12.0 Å². The molecule has 0 bridgehead atoms. The summed E-state index contributed by atoms with van der Waals surface area (Å²) in [7, 11) is 0. The molecule has 0 aromatic heterocycles. The first-order chi connectivity index (χ1) is 6.29. The number of fused-ring (bicyclic) bond motifs is 1. The Labute approximate surface area is 75.7 Å². The lowest BCUT2D eigenvalue weighted by molar-refractivity contribution is -0.384. The average Bonchev–Trinajstić information content (AvgIpc) is 2.17. The maximum Gasteiger partial charge on any atom is 0.294 e. The van der Waals surface area contributed by atoms with E-state index in [9.17, 15) is 10.1 Å². The highest BCUT2D eigenvalue weighted by Crippen LogP contribution is 2.31. The molecule has 0 atom stereocenters. The first kappa shape index (κ1) is 8.04. The van der Waals surface area contributed by atoms with E-state index < -0.39 is 0 Å². The van der Waals surface area contributed by atoms with Crippen LogP contribution in [0.15, 0.2) is 18.2 Å². The molecule has 0 saturated heterocycles. The number of nitro benzene ring substituents is 1. The first-order valence-corrected chi connectivity index (χ1v) is 4.23. The summed E-state index contributed by atoms with van der Waals surface area (Å²) in [5.74, 6) is 0. The second kappa shape index (κ2) is 3.05. The average molecular weight is 177 g/mol. The Morgan fingerprint density at radius 1 is 1.46 bits per heavy atom. The molecule has 67 valence electrons. The molecule has 1 aliphatic rings. The van der Waals surface area contributed by atoms with E-state index in [0.29, 0.717) is 12.2 Å². The van der Waals surface area contributed by atoms with Crippen molar-refractivity contribution in [2.75, 3.05) is 6.54 Å². The number of hydrogen-bond donors (Lipinski definition) is 0. The number of aryl methyl sites for hydroxylation is 1. The fourth-order valence-electron chi connectivity index (χ4n) is 1.57. The fraction of sp³-hybridized carbons (Fsp3) is 0.333. The molecule has 1 aromatic rings. The maximum absolute atomic E-state index is 10.6. The summed E-state index contributed by atoms with van der Waals surface area (Å²) >= 11 is 0. The second-order valence-electron chi connectivity index (χ2n) is 3.03. The van der Waals surface area contributed by atoms with Gasteiger partial charge < -0.3 is 0 Å². The molecule has 0 aliphatic carbocycles. The highest BCUT2D eigenvalue weighted by atomic mass is 16.6. The Kier molecular flexibility index (Phi) is 1.88. The van der Waals surface area contributed by atoms with Crippen LogP contribution in [0.2, 0.25) is 0 Å². The zero-order valence-electron chi connectivity index (χ0n) is 7.06. The van der Waals surface area contributed by atoms with Gasteiger partial charge >= 0.3 is 0 Å². The molecule has 1 heterocycles. The Morgan fingerprint density at radius 3 is 3.08 bits per heavy atom. The van der Waals surface area contributed by atoms with Gasteiger partial charge in [0.05, 0.1) is 4.92 Å². The van der Waals surface area contributed by atoms with Crippen LogP contribution in [0, 0.1) is 10.1 Å². The molecular formula is C9H9N2O2. The molecule has 0 N–H and O–H groups in total. The summed E-state index contributed by atoms with van der Waals surface area (Å²) in [6.07, 6.45) is 1.90. The van der Waals surface area contributed by atoms with Gasteiger partial charge in [0.2, 0.25) is 0 Å². The van der Waals surface area contributed by atoms with Crippen molar-refractivity contribution in [2.45, 2.75) is 12.8 Å². The van der Waals surface area contributed by atoms with Crippen molar-refractivity contribution >= 4 is 11.4 Å². The van der Waals surface area contributed by atoms with E-state index in [-0.39, 0.29) is 10.6 Å². The van der Waals surface area contributed by atoms with Gasteiger partial charge in [0.15, 0.2) is 0 Å². The molecular weight excluding hydrogens is 168 g/mol. The van der Waals surface area contributed by atoms with Crippen molar-refractivity contribution in [3.8, 4) is 0 Å². The van der Waals surface area contributed by atoms with Crippen molar-refractivity contribution in [3.05, 3.63) is 33.9 Å². The largest absolute Gasteiger partial charge is 0.294 e. The van der Waals surface area contributed by atoms with Crippen LogP contribution < -0.4 is 5.32 Å². The topological polar surface area (TPSA) is 57.2 Å². The number of rotatable bonds is 1. The summed E-state index contributed by atoms with van der Waals surface area (Å²) < 4.78 is 0. The zero-order valence-corrected chi connectivity index (χ0v) is 7.06. The number of hydrogen-bond acceptors (Lipinski definition) is 2. The van der Waals surface area contributed by atoms with Crippen LogP contribution in [0.4, 0.5) is 11.4 Å². The van der Waals surface area contributed by atoms with Crippen molar-refractivity contribution in [1.29, 1.82) is 0 Å². The van der Waals surface area contributed by atoms with Crippen LogP contribution in [-0.2, 0) is 6.42 Å². The van der Waals surface area contributed by atoms with E-state index in [1.165, 1.54) is 6.07 Å². The molecule has 2 rings (SSSR count). The third-order valence-corrected chi connectivity index (χ3v) is 2.17. The van der Waals surface area contributed by atoms with Crippen LogP contribution in [0.5, 0.6) is 0 Å². The third kappa shape index (κ3) is 1.35. The van der Waals surface area contributed by atoms with Crippen LogP contribution in [0.3, 0.4) is 0 Å². The van der Waals surface area contributed by atoms with E-state index in [2.05, 4.69) is 5.32 Å². The van der Waals surface area contributed by atoms with Gasteiger partial charge in [-0.15, -0.1) is 0 Å². The molecule has 4 nitrogen and oxygen atoms in total. The molecule has 13 heavy (non-hydrogen) atoms. The van der Waals surface area contributed by atoms with Crippen molar-refractivity contribution < 1.29 is 4.92 Å². The van der Waals surface area contributed by atoms with E-state index in [1.54, 1.807) is 6.07 Å². The minimum atomic E-state index is -0.367. The number of nitro groups is 1. The van der Waals surface area contributed by atoms with Gasteiger partial charge in [0, 0.05) is 12.6 Å². The molecule has 4 heteroatoms. The van der Waals surface area contributed by atoms with E-state index >= 15 is 0 Å². The SMILES string of the molecule is O=[N+]([O-])c1cccc2c1[N]CCC2. The monoisotopic (exact) mass is 177 g/mol. The zero-order chi connectivity index (χ0) is 9.26. The predicted molar refractivity (Wildman–Crippen MR) is 48.1 cm³/mol. The molecule has 0 saturated carbocycles. The number of nitrogens with zero attached hydrogens (tertiary/aromatic N) is 2. The lowest BCUT2D eigenvalue weighted by Gasteiger charge is -2.14. The van der Waals surface area contributed by atoms with Crippen molar-refractivity contribution in [1.82, 2.24) is 5.32 Å². The molecule has 1 aromatic carbocycles. The lowest BCUT2D eigenvalue weighted by atomic mass is 10.0. The van der Waals surface area contributed by atoms with Gasteiger partial charge in [-0.3, -0.25) is 15.4 Å². The quantitative estimate of drug-likeness (QED) is 0.485. The minimum absolute atomic E-state index is 0.136. The van der Waals surface area contributed by atoms with E-state index in [0.717, 1.165) is 18.4 Å². The lowest BCUT2D eigenvalue weighted by Crippen LogP contribution is -2.12. The smallest absolute Gasteiger partial charge is 0.278 e. The maximum atomic E-state index is 10.6. The Balaban J connectivity index is 2.52. The van der Waals surface area contributed by atoms with Gasteiger partial charge in [0.25, 0.3) is 5.69 Å². The molecule has 0 spiro atoms. The molecule has 0 fully saturated rings. The highest BCUT2D eigenvalue weighted by Gasteiger charge is 2.20. The summed E-state index contributed by atoms with van der Waals surface area (Å²) in [5, 5.41) is 14.8. The first-order valence-electron chi connectivity index (χ1n) is 4.23. The van der Waals surface area contributed by atoms with E-state index in [4.69, 9.17) is 0 Å². The molecule has 1 radical (unpaired) electrons. The van der Waals surface area contributed by atoms with Gasteiger partial charge in [-0.2, -0.15) is 0 Å². The Hall–Kier alpha value is -1.58. The van der Waals surface area contributed by atoms with Crippen LogP contribution in [-0.4, -0.2) is 11.5 Å². The summed E-state index contributed by atoms with van der Waals surface area (Å²) in [6, 6.07) is 5.14. The standard InChI is InChI=1S/C9H9N2O2/c12-11(13)8-5-1-3-7-4-2-6-10-9(7)8/h1,3,5H,2,4,6H2. The van der Waals surface area contributed by atoms with Crippen molar-refractivity contribution in [2.24, 2.45) is 0 Å². The Bertz CT molecular complexity index is 349. The molecule has 0 unspecified atom stereocenters. The summed E-state index contributed by atoms with van der Waals surface area (Å²) in [4.78, 5) is 10.3. The number of benzene rings is 1. The van der Waals surface area contributed by atoms with Gasteiger partial charge in [-0.25, -0.2) is 0 Å². The minimum Gasteiger partial charge on any atom is -0.278 e. The van der Waals surface area contributed by atoms with Crippen LogP contribution >= 0.6 is 0 Å². The summed E-state index contributed by atoms with van der Waals surface area (Å²) in [5.41, 5.74) is 1.72. The molecule has 0 amide bonds. The van der Waals surface area contributed by atoms with Crippen molar-refractivity contribution in [3.63, 3.8) is 0 Å². The Morgan fingerprint density at radius 2 is 2.31 bits per heavy atom. The third-order valence-electron chi connectivity index (χ3n) is 2.17. The van der Waals surface area contributed by atoms with Gasteiger partial charge in [-0.1, -0.05) is 12.1 Å². The highest BCUT2D eigenvalue weighted by molar-refractivity contribution is 5.62. The van der Waals surface area contributed by atoms with Gasteiger partial charge in [0.1, 0.15) is 5.69 Å². The fourth-order valence-corrected chi connectivity index (χ4v) is 1.57. The summed E-state index contributed by atoms with van der Waals surface area (Å²) in [6.45, 7) is 0.706. The van der Waals surface area contributed by atoms with Crippen LogP contribution in [0.25, 0.3) is 0 Å². The predicted octanol–water partition coefficient (Wildman–Crippen LogP) is 1.78. The number of para-hydroxylation sites is 1. The van der Waals surface area contributed by atoms with Gasteiger partial charge in [-0.05, 0) is 18.4 Å². The van der Waals surface area contributed by atoms with E-state index in [1.807, 2.05) is 6.07 Å². The second-order valence-corrected chi connectivity index (χ2v) is 3.03. The molecule has 1 aliphatic heterocycles. The normalized spacial score (nSPS) is 14.5.